The second-order valence-electron chi connectivity index (χ2n) is 5.59. The zero-order valence-electron chi connectivity index (χ0n) is 13.8. The van der Waals surface area contributed by atoms with Crippen molar-refractivity contribution in [2.45, 2.75) is 45.4 Å². The maximum Gasteiger partial charge on any atom is 0.135 e. The Morgan fingerprint density at radius 3 is 2.30 bits per heavy atom. The highest BCUT2D eigenvalue weighted by molar-refractivity contribution is 5.59. The van der Waals surface area contributed by atoms with Crippen molar-refractivity contribution in [3.63, 3.8) is 0 Å². The zero-order valence-corrected chi connectivity index (χ0v) is 13.8. The molecule has 120 valence electrons. The van der Waals surface area contributed by atoms with Crippen molar-refractivity contribution in [2.75, 3.05) is 6.61 Å². The molecule has 0 atom stereocenters. The molecule has 0 bridgehead atoms. The summed E-state index contributed by atoms with van der Waals surface area (Å²) in [5, 5.41) is 8.10. The SMILES string of the molecule is C#Cc1ccc(-c2ccc(OCCCCCCCC)cc2)nn1. The van der Waals surface area contributed by atoms with E-state index in [0.717, 1.165) is 30.0 Å². The van der Waals surface area contributed by atoms with Crippen LogP contribution in [0.25, 0.3) is 11.3 Å². The summed E-state index contributed by atoms with van der Waals surface area (Å²) in [6.07, 6.45) is 12.9. The van der Waals surface area contributed by atoms with Gasteiger partial charge in [0.05, 0.1) is 12.3 Å². The van der Waals surface area contributed by atoms with Gasteiger partial charge in [-0.15, -0.1) is 16.6 Å². The van der Waals surface area contributed by atoms with Crippen LogP contribution in [0, 0.1) is 12.3 Å². The Bertz CT molecular complexity index is 612. The minimum absolute atomic E-state index is 0.549. The third kappa shape index (κ3) is 5.75. The molecule has 0 saturated carbocycles. The van der Waals surface area contributed by atoms with E-state index in [1.165, 1.54) is 32.1 Å². The van der Waals surface area contributed by atoms with Crippen LogP contribution in [0.4, 0.5) is 0 Å². The number of aromatic nitrogens is 2. The third-order valence-corrected chi connectivity index (χ3v) is 3.73. The Labute approximate surface area is 139 Å². The molecule has 23 heavy (non-hydrogen) atoms. The fourth-order valence-corrected chi connectivity index (χ4v) is 2.36. The van der Waals surface area contributed by atoms with Gasteiger partial charge in [0.15, 0.2) is 0 Å². The lowest BCUT2D eigenvalue weighted by molar-refractivity contribution is 0.304. The quantitative estimate of drug-likeness (QED) is 0.490. The molecule has 0 aliphatic rings. The lowest BCUT2D eigenvalue weighted by Gasteiger charge is -2.07. The summed E-state index contributed by atoms with van der Waals surface area (Å²) in [6.45, 7) is 3.02. The van der Waals surface area contributed by atoms with Gasteiger partial charge >= 0.3 is 0 Å². The molecule has 0 spiro atoms. The van der Waals surface area contributed by atoms with E-state index in [2.05, 4.69) is 23.0 Å². The molecule has 2 rings (SSSR count). The summed E-state index contributed by atoms with van der Waals surface area (Å²) >= 11 is 0. The third-order valence-electron chi connectivity index (χ3n) is 3.73. The van der Waals surface area contributed by atoms with Crippen LogP contribution in [0.1, 0.15) is 51.1 Å². The summed E-state index contributed by atoms with van der Waals surface area (Å²) in [5.41, 5.74) is 2.37. The van der Waals surface area contributed by atoms with Crippen molar-refractivity contribution in [3.8, 4) is 29.4 Å². The van der Waals surface area contributed by atoms with Crippen molar-refractivity contribution in [3.05, 3.63) is 42.1 Å². The zero-order chi connectivity index (χ0) is 16.3. The first-order chi connectivity index (χ1) is 11.3. The van der Waals surface area contributed by atoms with Gasteiger partial charge < -0.3 is 4.74 Å². The number of terminal acetylenes is 1. The maximum atomic E-state index is 5.78. The van der Waals surface area contributed by atoms with Crippen LogP contribution in [-0.2, 0) is 0 Å². The van der Waals surface area contributed by atoms with Gasteiger partial charge in [-0.25, -0.2) is 0 Å². The first-order valence-electron chi connectivity index (χ1n) is 8.37. The lowest BCUT2D eigenvalue weighted by atomic mass is 10.1. The first-order valence-corrected chi connectivity index (χ1v) is 8.37. The molecule has 0 N–H and O–H groups in total. The number of hydrogen-bond donors (Lipinski definition) is 0. The van der Waals surface area contributed by atoms with Gasteiger partial charge in [-0.05, 0) is 48.7 Å². The second kappa shape index (κ2) is 9.63. The predicted molar refractivity (Wildman–Crippen MR) is 94.3 cm³/mol. The smallest absolute Gasteiger partial charge is 0.135 e. The number of nitrogens with zero attached hydrogens (tertiary/aromatic N) is 2. The van der Waals surface area contributed by atoms with E-state index in [9.17, 15) is 0 Å². The number of benzene rings is 1. The molecule has 0 fully saturated rings. The Morgan fingerprint density at radius 1 is 0.913 bits per heavy atom. The summed E-state index contributed by atoms with van der Waals surface area (Å²) in [6, 6.07) is 11.6. The Balaban J connectivity index is 1.77. The molecule has 1 heterocycles. The number of ether oxygens (including phenoxy) is 1. The second-order valence-corrected chi connectivity index (χ2v) is 5.59. The van der Waals surface area contributed by atoms with Crippen LogP contribution >= 0.6 is 0 Å². The van der Waals surface area contributed by atoms with Gasteiger partial charge in [0.1, 0.15) is 11.4 Å². The highest BCUT2D eigenvalue weighted by atomic mass is 16.5. The number of unbranched alkanes of at least 4 members (excludes halogenated alkanes) is 5. The van der Waals surface area contributed by atoms with Gasteiger partial charge in [0.25, 0.3) is 0 Å². The van der Waals surface area contributed by atoms with Gasteiger partial charge in [-0.2, -0.15) is 0 Å². The topological polar surface area (TPSA) is 35.0 Å². The van der Waals surface area contributed by atoms with Gasteiger partial charge in [0.2, 0.25) is 0 Å². The Hall–Kier alpha value is -2.34. The Kier molecular flexibility index (Phi) is 7.13. The molecule has 3 heteroatoms. The number of hydrogen-bond acceptors (Lipinski definition) is 3. The monoisotopic (exact) mass is 308 g/mol. The maximum absolute atomic E-state index is 5.78. The average Bonchev–Trinajstić information content (AvgIpc) is 2.61. The van der Waals surface area contributed by atoms with E-state index in [4.69, 9.17) is 11.2 Å². The molecule has 1 aromatic heterocycles. The van der Waals surface area contributed by atoms with E-state index in [0.29, 0.717) is 5.69 Å². The van der Waals surface area contributed by atoms with E-state index >= 15 is 0 Å². The summed E-state index contributed by atoms with van der Waals surface area (Å²) in [4.78, 5) is 0. The van der Waals surface area contributed by atoms with E-state index in [-0.39, 0.29) is 0 Å². The summed E-state index contributed by atoms with van der Waals surface area (Å²) in [7, 11) is 0. The minimum atomic E-state index is 0.549. The average molecular weight is 308 g/mol. The van der Waals surface area contributed by atoms with Crippen molar-refractivity contribution in [2.24, 2.45) is 0 Å². The summed E-state index contributed by atoms with van der Waals surface area (Å²) in [5.74, 6) is 3.36. The minimum Gasteiger partial charge on any atom is -0.494 e. The van der Waals surface area contributed by atoms with Gasteiger partial charge in [0, 0.05) is 5.56 Å². The molecule has 2 aromatic rings. The van der Waals surface area contributed by atoms with Crippen molar-refractivity contribution >= 4 is 0 Å². The fraction of sp³-hybridized carbons (Fsp3) is 0.400. The molecule has 0 aliphatic carbocycles. The van der Waals surface area contributed by atoms with Crippen LogP contribution in [-0.4, -0.2) is 16.8 Å². The highest BCUT2D eigenvalue weighted by Crippen LogP contribution is 2.20. The van der Waals surface area contributed by atoms with Crippen molar-refractivity contribution < 1.29 is 4.74 Å². The molecular weight excluding hydrogens is 284 g/mol. The van der Waals surface area contributed by atoms with Crippen molar-refractivity contribution in [1.82, 2.24) is 10.2 Å². The lowest BCUT2D eigenvalue weighted by Crippen LogP contribution is -1.97. The van der Waals surface area contributed by atoms with Crippen molar-refractivity contribution in [1.29, 1.82) is 0 Å². The molecule has 0 unspecified atom stereocenters. The summed E-state index contributed by atoms with van der Waals surface area (Å²) < 4.78 is 5.78. The molecule has 0 aliphatic heterocycles. The fourth-order valence-electron chi connectivity index (χ4n) is 2.36. The van der Waals surface area contributed by atoms with Crippen LogP contribution in [0.5, 0.6) is 5.75 Å². The molecule has 3 nitrogen and oxygen atoms in total. The molecule has 1 aromatic carbocycles. The van der Waals surface area contributed by atoms with E-state index < -0.39 is 0 Å². The van der Waals surface area contributed by atoms with Crippen LogP contribution in [0.2, 0.25) is 0 Å². The predicted octanol–water partition coefficient (Wildman–Crippen LogP) is 4.86. The largest absolute Gasteiger partial charge is 0.494 e. The highest BCUT2D eigenvalue weighted by Gasteiger charge is 2.01. The van der Waals surface area contributed by atoms with E-state index in [1.54, 1.807) is 6.07 Å². The normalized spacial score (nSPS) is 10.3. The molecule has 0 amide bonds. The number of rotatable bonds is 9. The first kappa shape index (κ1) is 17.0. The van der Waals surface area contributed by atoms with Crippen LogP contribution in [0.3, 0.4) is 0 Å². The molecular formula is C20H24N2O. The molecule has 0 radical (unpaired) electrons. The van der Waals surface area contributed by atoms with E-state index in [1.807, 2.05) is 30.3 Å². The molecule has 0 saturated heterocycles. The Morgan fingerprint density at radius 2 is 1.65 bits per heavy atom. The van der Waals surface area contributed by atoms with Gasteiger partial charge in [-0.3, -0.25) is 0 Å². The van der Waals surface area contributed by atoms with Gasteiger partial charge in [-0.1, -0.05) is 39.0 Å². The van der Waals surface area contributed by atoms with Crippen LogP contribution in [0.15, 0.2) is 36.4 Å². The standard InChI is InChI=1S/C20H24N2O/c1-3-5-6-7-8-9-16-23-19-13-10-17(11-14-19)20-15-12-18(4-2)21-22-20/h2,10-15H,3,5-9,16H2,1H3. The van der Waals surface area contributed by atoms with Crippen LogP contribution < -0.4 is 4.74 Å².